The highest BCUT2D eigenvalue weighted by atomic mass is 32.2. The Bertz CT molecular complexity index is 235. The summed E-state index contributed by atoms with van der Waals surface area (Å²) in [6.45, 7) is 2.43. The molecular formula is C7H15NO2S. The number of rotatable bonds is 1. The lowest BCUT2D eigenvalue weighted by atomic mass is 9.88. The van der Waals surface area contributed by atoms with Crippen LogP contribution in [0.2, 0.25) is 0 Å². The van der Waals surface area contributed by atoms with Gasteiger partial charge in [0.2, 0.25) is 0 Å². The van der Waals surface area contributed by atoms with Crippen LogP contribution in [0.5, 0.6) is 0 Å². The van der Waals surface area contributed by atoms with Crippen molar-refractivity contribution in [3.63, 3.8) is 0 Å². The van der Waals surface area contributed by atoms with Gasteiger partial charge in [0.25, 0.3) is 0 Å². The van der Waals surface area contributed by atoms with Gasteiger partial charge in [0.15, 0.2) is 9.84 Å². The molecule has 1 unspecified atom stereocenters. The smallest absolute Gasteiger partial charge is 0.150 e. The maximum atomic E-state index is 11.2. The van der Waals surface area contributed by atoms with Crippen molar-refractivity contribution in [2.75, 3.05) is 18.1 Å². The Morgan fingerprint density at radius 3 is 2.55 bits per heavy atom. The summed E-state index contributed by atoms with van der Waals surface area (Å²) in [6, 6.07) is 0. The fourth-order valence-electron chi connectivity index (χ4n) is 1.56. The molecule has 1 heterocycles. The second kappa shape index (κ2) is 2.75. The molecule has 0 spiro atoms. The molecule has 1 fully saturated rings. The zero-order valence-corrected chi connectivity index (χ0v) is 7.65. The first kappa shape index (κ1) is 9.00. The minimum absolute atomic E-state index is 0.156. The maximum Gasteiger partial charge on any atom is 0.150 e. The van der Waals surface area contributed by atoms with Crippen LogP contribution in [0.4, 0.5) is 0 Å². The van der Waals surface area contributed by atoms with Crippen LogP contribution in [0, 0.1) is 5.41 Å². The first-order valence-electron chi connectivity index (χ1n) is 3.88. The highest BCUT2D eigenvalue weighted by molar-refractivity contribution is 7.91. The van der Waals surface area contributed by atoms with Crippen molar-refractivity contribution in [2.24, 2.45) is 11.1 Å². The zero-order chi connectivity index (χ0) is 8.54. The van der Waals surface area contributed by atoms with Crippen LogP contribution in [-0.4, -0.2) is 26.5 Å². The van der Waals surface area contributed by atoms with Crippen LogP contribution in [0.1, 0.15) is 19.8 Å². The monoisotopic (exact) mass is 177 g/mol. The first-order valence-corrected chi connectivity index (χ1v) is 5.70. The summed E-state index contributed by atoms with van der Waals surface area (Å²) in [5.41, 5.74) is 5.34. The molecule has 1 rings (SSSR count). The normalized spacial score (nSPS) is 36.9. The Labute approximate surface area is 67.9 Å². The molecule has 0 radical (unpaired) electrons. The van der Waals surface area contributed by atoms with Gasteiger partial charge in [-0.15, -0.1) is 0 Å². The molecule has 0 aromatic heterocycles. The topological polar surface area (TPSA) is 60.2 Å². The third-order valence-corrected chi connectivity index (χ3v) is 4.34. The Kier molecular flexibility index (Phi) is 2.25. The molecule has 1 atom stereocenters. The summed E-state index contributed by atoms with van der Waals surface area (Å²) in [5.74, 6) is 0.624. The van der Waals surface area contributed by atoms with Crippen LogP contribution in [0.15, 0.2) is 0 Å². The highest BCUT2D eigenvalue weighted by Crippen LogP contribution is 2.29. The predicted octanol–water partition coefficient (Wildman–Crippen LogP) is 0.160. The number of hydrogen-bond donors (Lipinski definition) is 1. The van der Waals surface area contributed by atoms with Gasteiger partial charge in [-0.1, -0.05) is 6.92 Å². The lowest BCUT2D eigenvalue weighted by Gasteiger charge is -2.31. The molecule has 0 saturated carbocycles. The molecule has 2 N–H and O–H groups in total. The van der Waals surface area contributed by atoms with Crippen molar-refractivity contribution in [3.05, 3.63) is 0 Å². The maximum absolute atomic E-state index is 11.2. The van der Waals surface area contributed by atoms with Gasteiger partial charge in [0.1, 0.15) is 0 Å². The van der Waals surface area contributed by atoms with E-state index in [2.05, 4.69) is 0 Å². The van der Waals surface area contributed by atoms with Crippen molar-refractivity contribution in [1.29, 1.82) is 0 Å². The standard InChI is InChI=1S/C7H15NO2S/c1-7(5-8)3-2-4-11(9,10)6-7/h2-6,8H2,1H3. The molecular weight excluding hydrogens is 162 g/mol. The minimum Gasteiger partial charge on any atom is -0.330 e. The molecule has 11 heavy (non-hydrogen) atoms. The molecule has 1 aliphatic heterocycles. The van der Waals surface area contributed by atoms with E-state index in [9.17, 15) is 8.42 Å². The predicted molar refractivity (Wildman–Crippen MR) is 45.0 cm³/mol. The van der Waals surface area contributed by atoms with Crippen LogP contribution in [0.25, 0.3) is 0 Å². The van der Waals surface area contributed by atoms with E-state index in [1.807, 2.05) is 6.92 Å². The van der Waals surface area contributed by atoms with Gasteiger partial charge in [0, 0.05) is 0 Å². The van der Waals surface area contributed by atoms with Crippen molar-refractivity contribution >= 4 is 9.84 Å². The van der Waals surface area contributed by atoms with Crippen LogP contribution in [-0.2, 0) is 9.84 Å². The van der Waals surface area contributed by atoms with Gasteiger partial charge in [-0.2, -0.15) is 0 Å². The molecule has 0 amide bonds. The fourth-order valence-corrected chi connectivity index (χ4v) is 3.61. The van der Waals surface area contributed by atoms with Gasteiger partial charge in [0.05, 0.1) is 11.5 Å². The molecule has 1 aliphatic rings. The van der Waals surface area contributed by atoms with Gasteiger partial charge >= 0.3 is 0 Å². The van der Waals surface area contributed by atoms with E-state index in [-0.39, 0.29) is 11.2 Å². The Balaban J connectivity index is 2.75. The third kappa shape index (κ3) is 2.17. The van der Waals surface area contributed by atoms with Gasteiger partial charge in [-0.05, 0) is 24.8 Å². The van der Waals surface area contributed by atoms with E-state index >= 15 is 0 Å². The number of sulfone groups is 1. The second-order valence-electron chi connectivity index (χ2n) is 3.71. The van der Waals surface area contributed by atoms with E-state index in [0.717, 1.165) is 12.8 Å². The largest absolute Gasteiger partial charge is 0.330 e. The molecule has 4 heteroatoms. The third-order valence-electron chi connectivity index (χ3n) is 2.30. The van der Waals surface area contributed by atoms with Gasteiger partial charge < -0.3 is 5.73 Å². The molecule has 66 valence electrons. The average Bonchev–Trinajstić information content (AvgIpc) is 1.85. The van der Waals surface area contributed by atoms with E-state index in [1.54, 1.807) is 0 Å². The van der Waals surface area contributed by atoms with Crippen molar-refractivity contribution in [3.8, 4) is 0 Å². The van der Waals surface area contributed by atoms with Crippen LogP contribution in [0.3, 0.4) is 0 Å². The average molecular weight is 177 g/mol. The number of nitrogens with two attached hydrogens (primary N) is 1. The van der Waals surface area contributed by atoms with Crippen molar-refractivity contribution in [2.45, 2.75) is 19.8 Å². The lowest BCUT2D eigenvalue weighted by Crippen LogP contribution is -2.39. The van der Waals surface area contributed by atoms with E-state index in [1.165, 1.54) is 0 Å². The molecule has 0 bridgehead atoms. The van der Waals surface area contributed by atoms with E-state index in [4.69, 9.17) is 5.73 Å². The summed E-state index contributed by atoms with van der Waals surface area (Å²) in [5, 5.41) is 0. The van der Waals surface area contributed by atoms with Crippen LogP contribution >= 0.6 is 0 Å². The fraction of sp³-hybridized carbons (Fsp3) is 1.00. The molecule has 0 aromatic carbocycles. The first-order chi connectivity index (χ1) is 4.97. The second-order valence-corrected chi connectivity index (χ2v) is 5.89. The van der Waals surface area contributed by atoms with Crippen molar-refractivity contribution < 1.29 is 8.42 Å². The van der Waals surface area contributed by atoms with E-state index < -0.39 is 9.84 Å². The zero-order valence-electron chi connectivity index (χ0n) is 6.84. The van der Waals surface area contributed by atoms with Crippen molar-refractivity contribution in [1.82, 2.24) is 0 Å². The SMILES string of the molecule is CC1(CN)CCCS(=O)(=O)C1. The molecule has 1 saturated heterocycles. The highest BCUT2D eigenvalue weighted by Gasteiger charge is 2.33. The van der Waals surface area contributed by atoms with Crippen LogP contribution < -0.4 is 5.73 Å². The summed E-state index contributed by atoms with van der Waals surface area (Å²) in [7, 11) is -2.78. The summed E-state index contributed by atoms with van der Waals surface area (Å²) in [4.78, 5) is 0. The molecule has 3 nitrogen and oxygen atoms in total. The van der Waals surface area contributed by atoms with Gasteiger partial charge in [-0.25, -0.2) is 8.42 Å². The molecule has 0 aliphatic carbocycles. The van der Waals surface area contributed by atoms with E-state index in [0.29, 0.717) is 12.3 Å². The summed E-state index contributed by atoms with van der Waals surface area (Å²) >= 11 is 0. The molecule has 0 aromatic rings. The Hall–Kier alpha value is -0.0900. The van der Waals surface area contributed by atoms with Gasteiger partial charge in [-0.3, -0.25) is 0 Å². The minimum atomic E-state index is -2.78. The number of hydrogen-bond acceptors (Lipinski definition) is 3. The quantitative estimate of drug-likeness (QED) is 0.620. The summed E-state index contributed by atoms with van der Waals surface area (Å²) < 4.78 is 22.3. The summed E-state index contributed by atoms with van der Waals surface area (Å²) in [6.07, 6.45) is 1.72. The Morgan fingerprint density at radius 1 is 1.55 bits per heavy atom. The lowest BCUT2D eigenvalue weighted by molar-refractivity contribution is 0.332. The Morgan fingerprint density at radius 2 is 2.18 bits per heavy atom.